The molecule has 2 heterocycles. The van der Waals surface area contributed by atoms with Crippen molar-refractivity contribution in [2.75, 3.05) is 6.54 Å². The summed E-state index contributed by atoms with van der Waals surface area (Å²) in [5.41, 5.74) is 0. The lowest BCUT2D eigenvalue weighted by Crippen LogP contribution is -2.33. The van der Waals surface area contributed by atoms with E-state index in [0.29, 0.717) is 22.2 Å². The molecule has 2 aromatic rings. The van der Waals surface area contributed by atoms with Crippen LogP contribution in [0.5, 0.6) is 5.75 Å². The number of nitrogens with one attached hydrogen (secondary N) is 1. The van der Waals surface area contributed by atoms with Gasteiger partial charge in [-0.2, -0.15) is 0 Å². The van der Waals surface area contributed by atoms with Crippen molar-refractivity contribution in [3.63, 3.8) is 0 Å². The number of amides is 1. The molecule has 0 fully saturated rings. The number of hydrogen-bond donors (Lipinski definition) is 1. The first-order chi connectivity index (χ1) is 9.16. The highest BCUT2D eigenvalue weighted by Crippen LogP contribution is 2.21. The van der Waals surface area contributed by atoms with Gasteiger partial charge in [-0.1, -0.05) is 11.6 Å². The molecule has 0 saturated carbocycles. The summed E-state index contributed by atoms with van der Waals surface area (Å²) >= 11 is 7.21. The van der Waals surface area contributed by atoms with E-state index < -0.39 is 0 Å². The number of nitrogens with zero attached hydrogens (tertiary/aromatic N) is 1. The molecule has 0 bridgehead atoms. The molecule has 0 radical (unpaired) electrons. The molecule has 0 spiro atoms. The number of carbonyl (C=O) groups excluding carboxylic acids is 1. The van der Waals surface area contributed by atoms with Crippen LogP contribution in [0.2, 0.25) is 5.02 Å². The Labute approximate surface area is 120 Å². The molecule has 4 nitrogen and oxygen atoms in total. The van der Waals surface area contributed by atoms with Crippen LogP contribution in [0, 0.1) is 0 Å². The lowest BCUT2D eigenvalue weighted by atomic mass is 10.3. The van der Waals surface area contributed by atoms with Crippen LogP contribution in [-0.4, -0.2) is 23.5 Å². The van der Waals surface area contributed by atoms with Gasteiger partial charge in [0.1, 0.15) is 16.7 Å². The van der Waals surface area contributed by atoms with Gasteiger partial charge in [-0.25, -0.2) is 0 Å². The second-order valence-electron chi connectivity index (χ2n) is 3.92. The van der Waals surface area contributed by atoms with Crippen molar-refractivity contribution in [3.05, 3.63) is 45.9 Å². The largest absolute Gasteiger partial charge is 0.487 e. The van der Waals surface area contributed by atoms with E-state index in [1.54, 1.807) is 29.9 Å². The van der Waals surface area contributed by atoms with Crippen LogP contribution < -0.4 is 10.1 Å². The lowest BCUT2D eigenvalue weighted by molar-refractivity contribution is 0.0936. The second kappa shape index (κ2) is 6.54. The van der Waals surface area contributed by atoms with Gasteiger partial charge in [0.25, 0.3) is 5.91 Å². The molecule has 0 aliphatic carbocycles. The summed E-state index contributed by atoms with van der Waals surface area (Å²) in [6.45, 7) is 2.28. The third-order valence-corrected chi connectivity index (χ3v) is 3.69. The zero-order chi connectivity index (χ0) is 13.7. The van der Waals surface area contributed by atoms with Gasteiger partial charge in [0.15, 0.2) is 0 Å². The molecule has 1 atom stereocenters. The number of aromatic nitrogens is 1. The van der Waals surface area contributed by atoms with Crippen molar-refractivity contribution >= 4 is 28.8 Å². The van der Waals surface area contributed by atoms with Crippen LogP contribution in [0.25, 0.3) is 0 Å². The summed E-state index contributed by atoms with van der Waals surface area (Å²) < 4.78 is 5.61. The van der Waals surface area contributed by atoms with Gasteiger partial charge < -0.3 is 10.1 Å². The molecule has 0 saturated heterocycles. The predicted octanol–water partition coefficient (Wildman–Crippen LogP) is 2.99. The van der Waals surface area contributed by atoms with E-state index in [1.807, 2.05) is 13.0 Å². The minimum absolute atomic E-state index is 0.146. The number of pyridine rings is 1. The second-order valence-corrected chi connectivity index (χ2v) is 5.25. The van der Waals surface area contributed by atoms with Crippen molar-refractivity contribution < 1.29 is 9.53 Å². The molecule has 2 rings (SSSR count). The summed E-state index contributed by atoms with van der Waals surface area (Å²) in [4.78, 5) is 16.3. The highest BCUT2D eigenvalue weighted by Gasteiger charge is 2.13. The van der Waals surface area contributed by atoms with Crippen LogP contribution in [0.3, 0.4) is 0 Å². The lowest BCUT2D eigenvalue weighted by Gasteiger charge is -2.14. The topological polar surface area (TPSA) is 51.2 Å². The van der Waals surface area contributed by atoms with Crippen LogP contribution in [0.4, 0.5) is 0 Å². The number of ether oxygens (including phenoxy) is 1. The van der Waals surface area contributed by atoms with Crippen LogP contribution in [-0.2, 0) is 0 Å². The van der Waals surface area contributed by atoms with Gasteiger partial charge in [0, 0.05) is 6.20 Å². The number of hydrogen-bond acceptors (Lipinski definition) is 4. The number of carbonyl (C=O) groups is 1. The molecule has 1 N–H and O–H groups in total. The minimum Gasteiger partial charge on any atom is -0.487 e. The van der Waals surface area contributed by atoms with Gasteiger partial charge in [-0.15, -0.1) is 11.3 Å². The Morgan fingerprint density at radius 2 is 2.42 bits per heavy atom. The minimum atomic E-state index is -0.179. The van der Waals surface area contributed by atoms with Crippen molar-refractivity contribution in [2.45, 2.75) is 13.0 Å². The van der Waals surface area contributed by atoms with E-state index in [0.717, 1.165) is 0 Å². The van der Waals surface area contributed by atoms with Crippen molar-refractivity contribution in [2.24, 2.45) is 0 Å². The van der Waals surface area contributed by atoms with Crippen LogP contribution in [0.15, 0.2) is 36.0 Å². The highest BCUT2D eigenvalue weighted by molar-refractivity contribution is 7.12. The number of rotatable bonds is 5. The molecular weight excluding hydrogens is 284 g/mol. The van der Waals surface area contributed by atoms with E-state index in [9.17, 15) is 4.79 Å². The standard InChI is InChI=1S/C13H13ClN2O2S/c1-9(18-10-3-2-5-15-8-10)7-16-13(17)12-11(14)4-6-19-12/h2-6,8-9H,7H2,1H3,(H,16,17). The Bertz CT molecular complexity index is 545. The summed E-state index contributed by atoms with van der Waals surface area (Å²) in [6, 6.07) is 5.32. The molecule has 0 aromatic carbocycles. The first-order valence-electron chi connectivity index (χ1n) is 5.74. The highest BCUT2D eigenvalue weighted by atomic mass is 35.5. The Morgan fingerprint density at radius 3 is 3.05 bits per heavy atom. The van der Waals surface area contributed by atoms with Crippen molar-refractivity contribution in [1.29, 1.82) is 0 Å². The first kappa shape index (κ1) is 13.8. The van der Waals surface area contributed by atoms with Crippen molar-refractivity contribution in [3.8, 4) is 5.75 Å². The van der Waals surface area contributed by atoms with Gasteiger partial charge in [0.05, 0.1) is 17.8 Å². The smallest absolute Gasteiger partial charge is 0.263 e. The van der Waals surface area contributed by atoms with Gasteiger partial charge in [0.2, 0.25) is 0 Å². The third kappa shape index (κ3) is 3.94. The van der Waals surface area contributed by atoms with Gasteiger partial charge in [-0.05, 0) is 30.5 Å². The van der Waals surface area contributed by atoms with E-state index in [4.69, 9.17) is 16.3 Å². The van der Waals surface area contributed by atoms with Crippen LogP contribution >= 0.6 is 22.9 Å². The summed E-state index contributed by atoms with van der Waals surface area (Å²) in [6.07, 6.45) is 3.17. The molecule has 19 heavy (non-hydrogen) atoms. The fourth-order valence-electron chi connectivity index (χ4n) is 1.46. The normalized spacial score (nSPS) is 11.9. The first-order valence-corrected chi connectivity index (χ1v) is 7.00. The van der Waals surface area contributed by atoms with Gasteiger partial charge >= 0.3 is 0 Å². The van der Waals surface area contributed by atoms with Gasteiger partial charge in [-0.3, -0.25) is 9.78 Å². The average Bonchev–Trinajstić information content (AvgIpc) is 2.83. The molecule has 0 aliphatic heterocycles. The molecule has 0 aliphatic rings. The summed E-state index contributed by atoms with van der Waals surface area (Å²) in [5, 5.41) is 5.05. The monoisotopic (exact) mass is 296 g/mol. The maximum absolute atomic E-state index is 11.8. The van der Waals surface area contributed by atoms with Crippen molar-refractivity contribution in [1.82, 2.24) is 10.3 Å². The molecular formula is C13H13ClN2O2S. The molecule has 1 amide bonds. The Morgan fingerprint density at radius 1 is 1.58 bits per heavy atom. The van der Waals surface area contributed by atoms with E-state index >= 15 is 0 Å². The Hall–Kier alpha value is -1.59. The third-order valence-electron chi connectivity index (χ3n) is 2.35. The molecule has 100 valence electrons. The maximum Gasteiger partial charge on any atom is 0.263 e. The number of thiophene rings is 1. The van der Waals surface area contributed by atoms with E-state index in [-0.39, 0.29) is 12.0 Å². The van der Waals surface area contributed by atoms with E-state index in [2.05, 4.69) is 10.3 Å². The summed E-state index contributed by atoms with van der Waals surface area (Å²) in [7, 11) is 0. The predicted molar refractivity (Wildman–Crippen MR) is 76.0 cm³/mol. The fraction of sp³-hybridized carbons (Fsp3) is 0.231. The molecule has 6 heteroatoms. The Balaban J connectivity index is 1.82. The SMILES string of the molecule is CC(CNC(=O)c1sccc1Cl)Oc1cccnc1. The summed E-state index contributed by atoms with van der Waals surface area (Å²) in [5.74, 6) is 0.500. The zero-order valence-electron chi connectivity index (χ0n) is 10.3. The maximum atomic E-state index is 11.8. The Kier molecular flexibility index (Phi) is 4.76. The van der Waals surface area contributed by atoms with E-state index in [1.165, 1.54) is 11.3 Å². The molecule has 2 aromatic heterocycles. The average molecular weight is 297 g/mol. The van der Waals surface area contributed by atoms with Crippen LogP contribution in [0.1, 0.15) is 16.6 Å². The zero-order valence-corrected chi connectivity index (χ0v) is 11.9. The number of halogens is 1. The quantitative estimate of drug-likeness (QED) is 0.923. The molecule has 1 unspecified atom stereocenters. The fourth-order valence-corrected chi connectivity index (χ4v) is 2.52.